The fourth-order valence-electron chi connectivity index (χ4n) is 4.31. The molecule has 0 saturated heterocycles. The van der Waals surface area contributed by atoms with Crippen molar-refractivity contribution in [3.8, 4) is 39.9 Å². The van der Waals surface area contributed by atoms with E-state index in [2.05, 4.69) is 43.1 Å². The Balaban J connectivity index is 1.37. The van der Waals surface area contributed by atoms with Gasteiger partial charge in [0.2, 0.25) is 0 Å². The second kappa shape index (κ2) is 9.36. The second-order valence-electron chi connectivity index (χ2n) is 9.29. The fourth-order valence-corrected chi connectivity index (χ4v) is 4.31. The number of ether oxygens (including phenoxy) is 1. The van der Waals surface area contributed by atoms with Gasteiger partial charge in [-0.05, 0) is 31.5 Å². The molecule has 0 saturated carbocycles. The highest BCUT2D eigenvalue weighted by Gasteiger charge is 2.23. The number of aryl methyl sites for hydroxylation is 1. The minimum Gasteiger partial charge on any atom is -0.464 e. The SMILES string of the molecule is C=C(C)c1ccc(-c2nc(-c3ccc(C)cc3)nc(-c3ccc(C4Nc5ccccc5O4)cc3)n2)cc1. The first-order valence-electron chi connectivity index (χ1n) is 12.3. The summed E-state index contributed by atoms with van der Waals surface area (Å²) in [4.78, 5) is 14.5. The number of aromatic nitrogens is 3. The predicted molar refractivity (Wildman–Crippen MR) is 149 cm³/mol. The lowest BCUT2D eigenvalue weighted by Gasteiger charge is -2.13. The summed E-state index contributed by atoms with van der Waals surface area (Å²) in [6.07, 6.45) is -0.227. The number of hydrogen-bond donors (Lipinski definition) is 1. The van der Waals surface area contributed by atoms with E-state index >= 15 is 0 Å². The molecule has 5 aromatic rings. The van der Waals surface area contributed by atoms with E-state index in [0.717, 1.165) is 44.8 Å². The minimum atomic E-state index is -0.227. The molecule has 0 amide bonds. The average Bonchev–Trinajstić information content (AvgIpc) is 3.38. The van der Waals surface area contributed by atoms with Gasteiger partial charge >= 0.3 is 0 Å². The third-order valence-electron chi connectivity index (χ3n) is 6.47. The van der Waals surface area contributed by atoms with Crippen molar-refractivity contribution < 1.29 is 4.74 Å². The van der Waals surface area contributed by atoms with Gasteiger partial charge in [-0.15, -0.1) is 0 Å². The molecular formula is C32H26N4O. The van der Waals surface area contributed by atoms with Crippen LogP contribution in [0.5, 0.6) is 5.75 Å². The van der Waals surface area contributed by atoms with Gasteiger partial charge in [-0.2, -0.15) is 0 Å². The van der Waals surface area contributed by atoms with Gasteiger partial charge in [0, 0.05) is 22.3 Å². The van der Waals surface area contributed by atoms with Crippen LogP contribution in [0.3, 0.4) is 0 Å². The fraction of sp³-hybridized carbons (Fsp3) is 0.0938. The zero-order chi connectivity index (χ0) is 25.4. The van der Waals surface area contributed by atoms with Gasteiger partial charge in [-0.1, -0.05) is 103 Å². The zero-order valence-corrected chi connectivity index (χ0v) is 20.8. The Hall–Kier alpha value is -4.77. The molecule has 37 heavy (non-hydrogen) atoms. The van der Waals surface area contributed by atoms with E-state index in [9.17, 15) is 0 Å². The lowest BCUT2D eigenvalue weighted by molar-refractivity contribution is 0.260. The van der Waals surface area contributed by atoms with E-state index in [1.54, 1.807) is 0 Å². The number of rotatable bonds is 5. The highest BCUT2D eigenvalue weighted by atomic mass is 16.5. The van der Waals surface area contributed by atoms with E-state index in [1.807, 2.05) is 79.7 Å². The van der Waals surface area contributed by atoms with Crippen molar-refractivity contribution in [1.82, 2.24) is 15.0 Å². The van der Waals surface area contributed by atoms with Gasteiger partial charge in [-0.3, -0.25) is 0 Å². The number of allylic oxidation sites excluding steroid dienone is 1. The van der Waals surface area contributed by atoms with Crippen LogP contribution in [0.25, 0.3) is 39.7 Å². The van der Waals surface area contributed by atoms with Crippen LogP contribution in [0.2, 0.25) is 0 Å². The molecule has 0 bridgehead atoms. The van der Waals surface area contributed by atoms with Crippen LogP contribution in [0.15, 0.2) is 104 Å². The molecule has 1 aliphatic rings. The molecule has 1 aromatic heterocycles. The monoisotopic (exact) mass is 482 g/mol. The van der Waals surface area contributed by atoms with Crippen LogP contribution in [0.1, 0.15) is 29.8 Å². The topological polar surface area (TPSA) is 59.9 Å². The predicted octanol–water partition coefficient (Wildman–Crippen LogP) is 7.72. The van der Waals surface area contributed by atoms with Crippen LogP contribution < -0.4 is 10.1 Å². The van der Waals surface area contributed by atoms with Crippen molar-refractivity contribution in [2.75, 3.05) is 5.32 Å². The van der Waals surface area contributed by atoms with Crippen LogP contribution in [-0.2, 0) is 0 Å². The molecule has 1 atom stereocenters. The number of para-hydroxylation sites is 2. The summed E-state index contributed by atoms with van der Waals surface area (Å²) in [6, 6.07) is 32.5. The standard InChI is InChI=1S/C32H26N4O/c1-20(2)22-12-14-24(15-13-22)30-34-29(23-10-8-21(3)9-11-23)35-31(36-30)25-16-18-26(19-17-25)32-33-27-6-4-5-7-28(27)37-32/h4-19,32-33H,1H2,2-3H3. The molecule has 5 nitrogen and oxygen atoms in total. The maximum Gasteiger partial charge on any atom is 0.196 e. The van der Waals surface area contributed by atoms with Crippen LogP contribution in [-0.4, -0.2) is 15.0 Å². The summed E-state index contributed by atoms with van der Waals surface area (Å²) in [6.45, 7) is 8.10. The average molecular weight is 483 g/mol. The van der Waals surface area contributed by atoms with Crippen LogP contribution >= 0.6 is 0 Å². The Bertz CT molecular complexity index is 1570. The molecule has 0 radical (unpaired) electrons. The number of nitrogens with zero attached hydrogens (tertiary/aromatic N) is 3. The Morgan fingerprint density at radius 3 is 1.76 bits per heavy atom. The van der Waals surface area contributed by atoms with Gasteiger partial charge in [0.1, 0.15) is 5.75 Å². The Labute approximate surface area is 216 Å². The van der Waals surface area contributed by atoms with Crippen molar-refractivity contribution in [3.63, 3.8) is 0 Å². The molecule has 0 spiro atoms. The molecule has 1 aliphatic heterocycles. The van der Waals surface area contributed by atoms with Crippen LogP contribution in [0, 0.1) is 6.92 Å². The first-order chi connectivity index (χ1) is 18.0. The maximum atomic E-state index is 6.07. The summed E-state index contributed by atoms with van der Waals surface area (Å²) in [5.41, 5.74) is 8.13. The highest BCUT2D eigenvalue weighted by Crippen LogP contribution is 2.37. The van der Waals surface area contributed by atoms with Crippen molar-refractivity contribution in [1.29, 1.82) is 0 Å². The quantitative estimate of drug-likeness (QED) is 0.278. The normalized spacial score (nSPS) is 13.9. The van der Waals surface area contributed by atoms with E-state index in [-0.39, 0.29) is 6.23 Å². The number of anilines is 1. The zero-order valence-electron chi connectivity index (χ0n) is 20.8. The van der Waals surface area contributed by atoms with E-state index in [4.69, 9.17) is 19.7 Å². The molecule has 2 heterocycles. The van der Waals surface area contributed by atoms with Crippen molar-refractivity contribution in [2.24, 2.45) is 0 Å². The molecule has 0 fully saturated rings. The van der Waals surface area contributed by atoms with Gasteiger partial charge in [0.15, 0.2) is 23.7 Å². The molecular weight excluding hydrogens is 456 g/mol. The van der Waals surface area contributed by atoms with Gasteiger partial charge < -0.3 is 10.1 Å². The Kier molecular flexibility index (Phi) is 5.73. The van der Waals surface area contributed by atoms with Gasteiger partial charge in [0.25, 0.3) is 0 Å². The van der Waals surface area contributed by atoms with Gasteiger partial charge in [-0.25, -0.2) is 15.0 Å². The summed E-state index contributed by atoms with van der Waals surface area (Å²) < 4.78 is 6.07. The molecule has 4 aromatic carbocycles. The lowest BCUT2D eigenvalue weighted by atomic mass is 10.1. The third-order valence-corrected chi connectivity index (χ3v) is 6.47. The number of benzene rings is 4. The summed E-state index contributed by atoms with van der Waals surface area (Å²) in [5, 5.41) is 3.42. The molecule has 1 N–H and O–H groups in total. The first-order valence-corrected chi connectivity index (χ1v) is 12.3. The number of hydrogen-bond acceptors (Lipinski definition) is 5. The second-order valence-corrected chi connectivity index (χ2v) is 9.29. The van der Waals surface area contributed by atoms with E-state index in [1.165, 1.54) is 5.56 Å². The maximum absolute atomic E-state index is 6.07. The minimum absolute atomic E-state index is 0.227. The van der Waals surface area contributed by atoms with Crippen molar-refractivity contribution >= 4 is 11.3 Å². The third kappa shape index (κ3) is 4.59. The molecule has 1 unspecified atom stereocenters. The molecule has 180 valence electrons. The first kappa shape index (κ1) is 22.7. The van der Waals surface area contributed by atoms with Gasteiger partial charge in [0.05, 0.1) is 5.69 Å². The summed E-state index contributed by atoms with van der Waals surface area (Å²) in [7, 11) is 0. The van der Waals surface area contributed by atoms with Crippen LogP contribution in [0.4, 0.5) is 5.69 Å². The molecule has 5 heteroatoms. The van der Waals surface area contributed by atoms with Crippen molar-refractivity contribution in [2.45, 2.75) is 20.1 Å². The number of nitrogens with one attached hydrogen (secondary N) is 1. The Morgan fingerprint density at radius 1 is 0.703 bits per heavy atom. The summed E-state index contributed by atoms with van der Waals surface area (Å²) in [5.74, 6) is 2.76. The van der Waals surface area contributed by atoms with Crippen molar-refractivity contribution in [3.05, 3.63) is 120 Å². The highest BCUT2D eigenvalue weighted by molar-refractivity contribution is 5.69. The molecule has 0 aliphatic carbocycles. The molecule has 6 rings (SSSR count). The number of fused-ring (bicyclic) bond motifs is 1. The Morgan fingerprint density at radius 2 is 1.22 bits per heavy atom. The lowest BCUT2D eigenvalue weighted by Crippen LogP contribution is -2.10. The van der Waals surface area contributed by atoms with E-state index < -0.39 is 0 Å². The summed E-state index contributed by atoms with van der Waals surface area (Å²) >= 11 is 0. The largest absolute Gasteiger partial charge is 0.464 e. The van der Waals surface area contributed by atoms with E-state index in [0.29, 0.717) is 17.5 Å². The smallest absolute Gasteiger partial charge is 0.196 e.